The first kappa shape index (κ1) is 10.5. The molecule has 1 aromatic carbocycles. The van der Waals surface area contributed by atoms with Crippen LogP contribution in [0.1, 0.15) is 36.6 Å². The Balaban J connectivity index is 1.77. The quantitative estimate of drug-likeness (QED) is 0.772. The van der Waals surface area contributed by atoms with E-state index in [1.165, 1.54) is 24.0 Å². The van der Waals surface area contributed by atoms with Crippen LogP contribution in [0.5, 0.6) is 0 Å². The van der Waals surface area contributed by atoms with Crippen LogP contribution in [0.25, 0.3) is 0 Å². The minimum Gasteiger partial charge on any atom is -0.261 e. The van der Waals surface area contributed by atoms with E-state index in [2.05, 4.69) is 42.2 Å². The zero-order valence-electron chi connectivity index (χ0n) is 10.2. The Labute approximate surface area is 103 Å². The van der Waals surface area contributed by atoms with Gasteiger partial charge in [-0.2, -0.15) is 0 Å². The molecule has 1 heterocycles. The average Bonchev–Trinajstić information content (AvgIpc) is 3.11. The maximum absolute atomic E-state index is 4.36. The molecule has 1 nitrogen and oxygen atoms in total. The molecule has 3 rings (SSSR count). The second-order valence-electron chi connectivity index (χ2n) is 5.26. The maximum atomic E-state index is 4.36. The lowest BCUT2D eigenvalue weighted by Crippen LogP contribution is -1.99. The first-order valence-electron chi connectivity index (χ1n) is 6.26. The average molecular weight is 223 g/mol. The number of hydrogen-bond donors (Lipinski definition) is 0. The van der Waals surface area contributed by atoms with Crippen LogP contribution in [0.15, 0.2) is 48.7 Å². The van der Waals surface area contributed by atoms with E-state index < -0.39 is 0 Å². The molecule has 0 aliphatic heterocycles. The molecule has 0 spiro atoms. The van der Waals surface area contributed by atoms with Gasteiger partial charge in [-0.3, -0.25) is 4.98 Å². The molecule has 0 atom stereocenters. The van der Waals surface area contributed by atoms with E-state index in [1.54, 1.807) is 0 Å². The molecular formula is C16H17N. The predicted octanol–water partition coefficient (Wildman–Crippen LogP) is 3.72. The van der Waals surface area contributed by atoms with Crippen LogP contribution in [-0.4, -0.2) is 4.98 Å². The van der Waals surface area contributed by atoms with Gasteiger partial charge < -0.3 is 0 Å². The van der Waals surface area contributed by atoms with Gasteiger partial charge in [0, 0.05) is 18.3 Å². The van der Waals surface area contributed by atoms with Gasteiger partial charge in [-0.05, 0) is 41.5 Å². The Kier molecular flexibility index (Phi) is 2.47. The molecule has 0 radical (unpaired) electrons. The van der Waals surface area contributed by atoms with E-state index in [-0.39, 0.29) is 0 Å². The summed E-state index contributed by atoms with van der Waals surface area (Å²) in [7, 11) is 0. The van der Waals surface area contributed by atoms with Gasteiger partial charge in [0.15, 0.2) is 0 Å². The van der Waals surface area contributed by atoms with Crippen LogP contribution in [0, 0.1) is 0 Å². The smallest absolute Gasteiger partial charge is 0.0447 e. The normalized spacial score (nSPS) is 16.8. The number of pyridine rings is 1. The molecule has 1 aliphatic rings. The SMILES string of the molecule is CC1(c2ccc(Cc3ccccn3)cc2)CC1. The summed E-state index contributed by atoms with van der Waals surface area (Å²) in [5.41, 5.74) is 4.45. The highest BCUT2D eigenvalue weighted by molar-refractivity contribution is 5.33. The fourth-order valence-electron chi connectivity index (χ4n) is 2.21. The first-order valence-corrected chi connectivity index (χ1v) is 6.26. The van der Waals surface area contributed by atoms with Crippen molar-refractivity contribution in [1.29, 1.82) is 0 Å². The van der Waals surface area contributed by atoms with E-state index >= 15 is 0 Å². The number of aromatic nitrogens is 1. The van der Waals surface area contributed by atoms with Crippen molar-refractivity contribution in [3.8, 4) is 0 Å². The highest BCUT2D eigenvalue weighted by Crippen LogP contribution is 2.47. The second-order valence-corrected chi connectivity index (χ2v) is 5.26. The molecule has 2 aromatic rings. The lowest BCUT2D eigenvalue weighted by Gasteiger charge is -2.09. The van der Waals surface area contributed by atoms with E-state index in [1.807, 2.05) is 18.3 Å². The molecule has 1 fully saturated rings. The second kappa shape index (κ2) is 3.99. The molecule has 1 aliphatic carbocycles. The minimum atomic E-state index is 0.476. The zero-order valence-corrected chi connectivity index (χ0v) is 10.2. The summed E-state index contributed by atoms with van der Waals surface area (Å²) in [6, 6.07) is 15.1. The summed E-state index contributed by atoms with van der Waals surface area (Å²) in [6.07, 6.45) is 5.46. The summed E-state index contributed by atoms with van der Waals surface area (Å²) in [6.45, 7) is 2.35. The van der Waals surface area contributed by atoms with E-state index in [0.717, 1.165) is 12.1 Å². The molecule has 0 bridgehead atoms. The molecule has 17 heavy (non-hydrogen) atoms. The number of rotatable bonds is 3. The van der Waals surface area contributed by atoms with Crippen molar-refractivity contribution in [3.05, 3.63) is 65.5 Å². The van der Waals surface area contributed by atoms with Crippen LogP contribution in [-0.2, 0) is 11.8 Å². The largest absolute Gasteiger partial charge is 0.261 e. The lowest BCUT2D eigenvalue weighted by molar-refractivity contribution is 0.787. The van der Waals surface area contributed by atoms with Crippen molar-refractivity contribution in [3.63, 3.8) is 0 Å². The summed E-state index contributed by atoms with van der Waals surface area (Å²) in [5, 5.41) is 0. The molecule has 1 saturated carbocycles. The topological polar surface area (TPSA) is 12.9 Å². The highest BCUT2D eigenvalue weighted by Gasteiger charge is 2.38. The Morgan fingerprint density at radius 2 is 1.82 bits per heavy atom. The summed E-state index contributed by atoms with van der Waals surface area (Å²) in [4.78, 5) is 4.36. The molecule has 0 saturated heterocycles. The molecular weight excluding hydrogens is 206 g/mol. The summed E-state index contributed by atoms with van der Waals surface area (Å²) < 4.78 is 0. The molecule has 0 N–H and O–H groups in total. The number of benzene rings is 1. The summed E-state index contributed by atoms with van der Waals surface area (Å²) >= 11 is 0. The molecule has 0 unspecified atom stereocenters. The molecule has 1 aromatic heterocycles. The maximum Gasteiger partial charge on any atom is 0.0447 e. The Morgan fingerprint density at radius 1 is 1.06 bits per heavy atom. The van der Waals surface area contributed by atoms with Gasteiger partial charge in [0.1, 0.15) is 0 Å². The van der Waals surface area contributed by atoms with Gasteiger partial charge in [-0.1, -0.05) is 37.3 Å². The van der Waals surface area contributed by atoms with Crippen molar-refractivity contribution in [2.45, 2.75) is 31.6 Å². The number of hydrogen-bond acceptors (Lipinski definition) is 1. The van der Waals surface area contributed by atoms with Crippen LogP contribution in [0.2, 0.25) is 0 Å². The molecule has 0 amide bonds. The van der Waals surface area contributed by atoms with Gasteiger partial charge in [0.2, 0.25) is 0 Å². The van der Waals surface area contributed by atoms with Gasteiger partial charge in [-0.25, -0.2) is 0 Å². The summed E-state index contributed by atoms with van der Waals surface area (Å²) in [5.74, 6) is 0. The monoisotopic (exact) mass is 223 g/mol. The third-order valence-electron chi connectivity index (χ3n) is 3.76. The van der Waals surface area contributed by atoms with E-state index in [0.29, 0.717) is 5.41 Å². The molecule has 1 heteroatoms. The van der Waals surface area contributed by atoms with Crippen molar-refractivity contribution in [2.24, 2.45) is 0 Å². The van der Waals surface area contributed by atoms with Crippen molar-refractivity contribution in [2.75, 3.05) is 0 Å². The van der Waals surface area contributed by atoms with Crippen LogP contribution in [0.4, 0.5) is 0 Å². The highest BCUT2D eigenvalue weighted by atomic mass is 14.7. The lowest BCUT2D eigenvalue weighted by atomic mass is 9.96. The van der Waals surface area contributed by atoms with Crippen LogP contribution < -0.4 is 0 Å². The van der Waals surface area contributed by atoms with Crippen molar-refractivity contribution < 1.29 is 0 Å². The Bertz CT molecular complexity index is 495. The Hall–Kier alpha value is -1.63. The van der Waals surface area contributed by atoms with E-state index in [4.69, 9.17) is 0 Å². The van der Waals surface area contributed by atoms with Crippen molar-refractivity contribution in [1.82, 2.24) is 4.98 Å². The van der Waals surface area contributed by atoms with Gasteiger partial charge >= 0.3 is 0 Å². The van der Waals surface area contributed by atoms with Gasteiger partial charge in [0.25, 0.3) is 0 Å². The fraction of sp³-hybridized carbons (Fsp3) is 0.312. The van der Waals surface area contributed by atoms with Gasteiger partial charge in [-0.15, -0.1) is 0 Å². The zero-order chi connectivity index (χ0) is 11.7. The minimum absolute atomic E-state index is 0.476. The van der Waals surface area contributed by atoms with Crippen LogP contribution in [0.3, 0.4) is 0 Å². The molecule has 86 valence electrons. The van der Waals surface area contributed by atoms with Crippen molar-refractivity contribution >= 4 is 0 Å². The van der Waals surface area contributed by atoms with Gasteiger partial charge in [0.05, 0.1) is 0 Å². The predicted molar refractivity (Wildman–Crippen MR) is 70.1 cm³/mol. The first-order chi connectivity index (χ1) is 8.26. The fourth-order valence-corrected chi connectivity index (χ4v) is 2.21. The Morgan fingerprint density at radius 3 is 2.41 bits per heavy atom. The van der Waals surface area contributed by atoms with E-state index in [9.17, 15) is 0 Å². The third-order valence-corrected chi connectivity index (χ3v) is 3.76. The number of nitrogens with zero attached hydrogens (tertiary/aromatic N) is 1. The van der Waals surface area contributed by atoms with Crippen LogP contribution >= 0.6 is 0 Å². The third kappa shape index (κ3) is 2.23. The standard InChI is InChI=1S/C16H17N/c1-16(9-10-16)14-7-5-13(6-8-14)12-15-4-2-3-11-17-15/h2-8,11H,9-10,12H2,1H3.